The number of benzene rings is 1. The highest BCUT2D eigenvalue weighted by molar-refractivity contribution is 7.14. The summed E-state index contributed by atoms with van der Waals surface area (Å²) in [5, 5.41) is 4.59. The molecule has 0 aliphatic carbocycles. The van der Waals surface area contributed by atoms with Crippen LogP contribution in [-0.4, -0.2) is 25.8 Å². The molecule has 4 rings (SSSR count). The largest absolute Gasteiger partial charge is 0.426 e. The second kappa shape index (κ2) is 8.66. The lowest BCUT2D eigenvalue weighted by Crippen LogP contribution is -2.13. The minimum Gasteiger partial charge on any atom is -0.426 e. The molecule has 4 aromatic rings. The van der Waals surface area contributed by atoms with Crippen molar-refractivity contribution in [3.63, 3.8) is 0 Å². The summed E-state index contributed by atoms with van der Waals surface area (Å²) in [6, 6.07) is 16.4. The molecule has 0 aliphatic heterocycles. The molecule has 3 aromatic heterocycles. The topological polar surface area (TPSA) is 116 Å². The van der Waals surface area contributed by atoms with Crippen molar-refractivity contribution in [1.29, 1.82) is 0 Å². The first-order valence-corrected chi connectivity index (χ1v) is 10.0. The molecule has 0 spiro atoms. The smallest absolute Gasteiger partial charge is 0.267 e. The summed E-state index contributed by atoms with van der Waals surface area (Å²) in [7, 11) is 0. The number of nitrogens with two attached hydrogens (primary N) is 1. The van der Waals surface area contributed by atoms with E-state index in [0.717, 1.165) is 22.7 Å². The summed E-state index contributed by atoms with van der Waals surface area (Å²) in [6.07, 6.45) is 2.39. The fourth-order valence-corrected chi connectivity index (χ4v) is 3.54. The number of hydrogen-bond acceptors (Lipinski definition) is 8. The van der Waals surface area contributed by atoms with E-state index in [9.17, 15) is 4.79 Å². The molecule has 0 fully saturated rings. The Morgan fingerprint density at radius 1 is 1.07 bits per heavy atom. The summed E-state index contributed by atoms with van der Waals surface area (Å²) in [6.45, 7) is 2.05. The molecule has 1 aromatic carbocycles. The van der Waals surface area contributed by atoms with E-state index in [-0.39, 0.29) is 11.6 Å². The summed E-state index contributed by atoms with van der Waals surface area (Å²) < 4.78 is 6.06. The van der Waals surface area contributed by atoms with Crippen molar-refractivity contribution in [1.82, 2.24) is 19.9 Å². The van der Waals surface area contributed by atoms with Gasteiger partial charge in [-0.15, -0.1) is 0 Å². The molecule has 0 aliphatic rings. The van der Waals surface area contributed by atoms with Gasteiger partial charge < -0.3 is 15.8 Å². The maximum atomic E-state index is 11.3. The Hall–Kier alpha value is -3.85. The second-order valence-electron chi connectivity index (χ2n) is 6.18. The van der Waals surface area contributed by atoms with Crippen LogP contribution in [0.2, 0.25) is 0 Å². The van der Waals surface area contributed by atoms with E-state index in [0.29, 0.717) is 16.8 Å². The van der Waals surface area contributed by atoms with E-state index in [1.807, 2.05) is 30.3 Å². The first-order valence-electron chi connectivity index (χ1n) is 9.22. The van der Waals surface area contributed by atoms with Gasteiger partial charge in [-0.1, -0.05) is 54.7 Å². The zero-order chi connectivity index (χ0) is 20.9. The van der Waals surface area contributed by atoms with Crippen LogP contribution in [0.1, 0.15) is 22.4 Å². The van der Waals surface area contributed by atoms with E-state index < -0.39 is 5.91 Å². The number of rotatable bonds is 7. The predicted octanol–water partition coefficient (Wildman–Crippen LogP) is 4.19. The third kappa shape index (κ3) is 4.41. The van der Waals surface area contributed by atoms with Crippen LogP contribution < -0.4 is 15.8 Å². The van der Waals surface area contributed by atoms with E-state index in [2.05, 4.69) is 27.2 Å². The van der Waals surface area contributed by atoms with Gasteiger partial charge in [-0.05, 0) is 18.6 Å². The van der Waals surface area contributed by atoms with Gasteiger partial charge in [0, 0.05) is 17.8 Å². The molecule has 0 saturated carbocycles. The molecule has 9 heteroatoms. The van der Waals surface area contributed by atoms with Gasteiger partial charge in [0.15, 0.2) is 0 Å². The molecule has 3 heterocycles. The normalized spacial score (nSPS) is 10.6. The monoisotopic (exact) mass is 418 g/mol. The Kier molecular flexibility index (Phi) is 5.62. The van der Waals surface area contributed by atoms with Gasteiger partial charge >= 0.3 is 0 Å². The lowest BCUT2D eigenvalue weighted by atomic mass is 10.2. The maximum absolute atomic E-state index is 11.3. The van der Waals surface area contributed by atoms with Crippen molar-refractivity contribution in [2.75, 3.05) is 5.32 Å². The van der Waals surface area contributed by atoms with Crippen LogP contribution in [0.3, 0.4) is 0 Å². The zero-order valence-corrected chi connectivity index (χ0v) is 16.9. The Labute approximate surface area is 176 Å². The summed E-state index contributed by atoms with van der Waals surface area (Å²) in [5.41, 5.74) is 7.18. The number of aryl methyl sites for hydroxylation is 1. The highest BCUT2D eigenvalue weighted by atomic mass is 32.1. The second-order valence-corrected chi connectivity index (χ2v) is 7.23. The number of nitrogens with zero attached hydrogens (tertiary/aromatic N) is 4. The molecule has 30 heavy (non-hydrogen) atoms. The molecular formula is C21H18N6O2S. The molecule has 1 amide bonds. The predicted molar refractivity (Wildman–Crippen MR) is 115 cm³/mol. The standard InChI is InChI=1S/C21H18N6O2S/c1-2-17-27-18(13-7-4-3-5-8-13)20(30-17)29-16-11-12-23-21(26-16)25-15-10-6-9-14(24-15)19(22)28/h3-12H,2H2,1H3,(H2,22,28)(H,23,24,25,26). The third-order valence-corrected chi connectivity index (χ3v) is 5.14. The Morgan fingerprint density at radius 3 is 2.67 bits per heavy atom. The van der Waals surface area contributed by atoms with Crippen LogP contribution in [0, 0.1) is 0 Å². The molecule has 150 valence electrons. The van der Waals surface area contributed by atoms with E-state index in [1.54, 1.807) is 24.4 Å². The average Bonchev–Trinajstić information content (AvgIpc) is 3.17. The number of amides is 1. The highest BCUT2D eigenvalue weighted by Crippen LogP contribution is 2.38. The first-order chi connectivity index (χ1) is 14.6. The van der Waals surface area contributed by atoms with Crippen molar-refractivity contribution in [2.45, 2.75) is 13.3 Å². The molecule has 0 saturated heterocycles. The molecule has 0 atom stereocenters. The molecule has 0 bridgehead atoms. The minimum absolute atomic E-state index is 0.150. The number of hydrogen-bond donors (Lipinski definition) is 2. The number of ether oxygens (including phenoxy) is 1. The van der Waals surface area contributed by atoms with Gasteiger partial charge in [-0.3, -0.25) is 4.79 Å². The van der Waals surface area contributed by atoms with E-state index in [1.165, 1.54) is 17.4 Å². The van der Waals surface area contributed by atoms with Gasteiger partial charge in [0.1, 0.15) is 17.2 Å². The lowest BCUT2D eigenvalue weighted by molar-refractivity contribution is 0.0995. The Morgan fingerprint density at radius 2 is 1.90 bits per heavy atom. The molecular weight excluding hydrogens is 400 g/mol. The van der Waals surface area contributed by atoms with Crippen molar-refractivity contribution < 1.29 is 9.53 Å². The van der Waals surface area contributed by atoms with Crippen molar-refractivity contribution in [2.24, 2.45) is 5.73 Å². The van der Waals surface area contributed by atoms with Crippen molar-refractivity contribution in [3.8, 4) is 22.2 Å². The van der Waals surface area contributed by atoms with Crippen LogP contribution in [-0.2, 0) is 6.42 Å². The molecule has 0 radical (unpaired) electrons. The third-order valence-electron chi connectivity index (χ3n) is 4.06. The summed E-state index contributed by atoms with van der Waals surface area (Å²) in [4.78, 5) is 28.7. The van der Waals surface area contributed by atoms with Crippen LogP contribution in [0.15, 0.2) is 60.8 Å². The Balaban J connectivity index is 1.59. The van der Waals surface area contributed by atoms with Crippen LogP contribution in [0.5, 0.6) is 10.9 Å². The van der Waals surface area contributed by atoms with Gasteiger partial charge in [0.25, 0.3) is 5.91 Å². The fraction of sp³-hybridized carbons (Fsp3) is 0.0952. The number of thiazole rings is 1. The van der Waals surface area contributed by atoms with Gasteiger partial charge in [-0.2, -0.15) is 4.98 Å². The number of carbonyl (C=O) groups excluding carboxylic acids is 1. The summed E-state index contributed by atoms with van der Waals surface area (Å²) in [5.74, 6) is 0.437. The minimum atomic E-state index is -0.609. The van der Waals surface area contributed by atoms with E-state index >= 15 is 0 Å². The van der Waals surface area contributed by atoms with E-state index in [4.69, 9.17) is 15.5 Å². The number of primary amides is 1. The van der Waals surface area contributed by atoms with Crippen LogP contribution in [0.4, 0.5) is 11.8 Å². The zero-order valence-electron chi connectivity index (χ0n) is 16.1. The number of carbonyl (C=O) groups is 1. The number of pyridine rings is 1. The summed E-state index contributed by atoms with van der Waals surface area (Å²) >= 11 is 1.49. The molecule has 3 N–H and O–H groups in total. The Bertz CT molecular complexity index is 1180. The molecule has 0 unspecified atom stereocenters. The highest BCUT2D eigenvalue weighted by Gasteiger charge is 2.15. The fourth-order valence-electron chi connectivity index (χ4n) is 2.66. The maximum Gasteiger partial charge on any atom is 0.267 e. The lowest BCUT2D eigenvalue weighted by Gasteiger charge is -2.08. The quantitative estimate of drug-likeness (QED) is 0.462. The van der Waals surface area contributed by atoms with Crippen molar-refractivity contribution in [3.05, 3.63) is 71.5 Å². The molecule has 8 nitrogen and oxygen atoms in total. The number of aromatic nitrogens is 4. The average molecular weight is 418 g/mol. The van der Waals surface area contributed by atoms with Crippen LogP contribution >= 0.6 is 11.3 Å². The number of nitrogens with one attached hydrogen (secondary N) is 1. The number of anilines is 2. The van der Waals surface area contributed by atoms with Gasteiger partial charge in [-0.25, -0.2) is 15.0 Å². The van der Waals surface area contributed by atoms with Crippen molar-refractivity contribution >= 4 is 29.0 Å². The SMILES string of the molecule is CCc1nc(-c2ccccc2)c(Oc2ccnc(Nc3cccc(C(N)=O)n3)n2)s1. The first kappa shape index (κ1) is 19.5. The van der Waals surface area contributed by atoms with Gasteiger partial charge in [0.05, 0.1) is 5.01 Å². The van der Waals surface area contributed by atoms with Crippen LogP contribution in [0.25, 0.3) is 11.3 Å². The van der Waals surface area contributed by atoms with Gasteiger partial charge in [0.2, 0.25) is 16.9 Å².